The van der Waals surface area contributed by atoms with E-state index in [9.17, 15) is 19.5 Å². The first-order chi connectivity index (χ1) is 18.9. The third kappa shape index (κ3) is 5.91. The number of unbranched alkanes of at least 4 members (excludes halogenated alkanes) is 2. The summed E-state index contributed by atoms with van der Waals surface area (Å²) < 4.78 is 11.1. The molecule has 3 heterocycles. The predicted octanol–water partition coefficient (Wildman–Crippen LogP) is 5.38. The molecule has 1 aliphatic heterocycles. The Labute approximate surface area is 230 Å². The fraction of sp³-hybridized carbons (Fsp3) is 0.276. The van der Waals surface area contributed by atoms with E-state index in [0.717, 1.165) is 30.6 Å². The Morgan fingerprint density at radius 3 is 2.69 bits per heavy atom. The van der Waals surface area contributed by atoms with Gasteiger partial charge in [0.05, 0.1) is 23.9 Å². The number of ether oxygens (including phenoxy) is 2. The fourth-order valence-corrected chi connectivity index (χ4v) is 5.19. The normalized spacial score (nSPS) is 16.4. The number of carbonyl (C=O) groups excluding carboxylic acids is 3. The molecule has 3 aromatic rings. The summed E-state index contributed by atoms with van der Waals surface area (Å²) in [5.41, 5.74) is 1.13. The van der Waals surface area contributed by atoms with Crippen molar-refractivity contribution < 1.29 is 29.0 Å². The van der Waals surface area contributed by atoms with Crippen LogP contribution in [0, 0.1) is 6.92 Å². The van der Waals surface area contributed by atoms with Gasteiger partial charge in [0.2, 0.25) is 0 Å². The van der Waals surface area contributed by atoms with Crippen LogP contribution in [0.4, 0.5) is 5.13 Å². The molecular formula is C29H29N3O6S. The molecule has 10 heteroatoms. The number of pyridine rings is 1. The highest BCUT2D eigenvalue weighted by Crippen LogP contribution is 2.44. The number of hydrogen-bond acceptors (Lipinski definition) is 9. The van der Waals surface area contributed by atoms with Crippen LogP contribution in [-0.4, -0.2) is 45.9 Å². The van der Waals surface area contributed by atoms with E-state index in [0.29, 0.717) is 29.2 Å². The first kappa shape index (κ1) is 27.7. The minimum atomic E-state index is -1.01. The molecule has 2 aromatic heterocycles. The number of thiazole rings is 1. The van der Waals surface area contributed by atoms with Gasteiger partial charge < -0.3 is 14.6 Å². The average molecular weight is 548 g/mol. The number of amides is 1. The van der Waals surface area contributed by atoms with Gasteiger partial charge in [-0.15, -0.1) is 0 Å². The number of hydrogen-bond donors (Lipinski definition) is 1. The monoisotopic (exact) mass is 547 g/mol. The molecule has 202 valence electrons. The van der Waals surface area contributed by atoms with E-state index in [1.807, 2.05) is 0 Å². The van der Waals surface area contributed by atoms with Crippen LogP contribution >= 0.6 is 11.3 Å². The topological polar surface area (TPSA) is 119 Å². The summed E-state index contributed by atoms with van der Waals surface area (Å²) in [6.45, 7) is 7.82. The molecule has 1 unspecified atom stereocenters. The van der Waals surface area contributed by atoms with Gasteiger partial charge in [-0.1, -0.05) is 55.9 Å². The van der Waals surface area contributed by atoms with Crippen LogP contribution in [0.2, 0.25) is 0 Å². The van der Waals surface area contributed by atoms with Crippen molar-refractivity contribution >= 4 is 39.9 Å². The quantitative estimate of drug-likeness (QED) is 0.0848. The van der Waals surface area contributed by atoms with Crippen LogP contribution in [0.5, 0.6) is 5.75 Å². The highest BCUT2D eigenvalue weighted by atomic mass is 32.1. The second kappa shape index (κ2) is 12.5. The van der Waals surface area contributed by atoms with Crippen molar-refractivity contribution in [3.05, 3.63) is 88.7 Å². The zero-order chi connectivity index (χ0) is 27.9. The first-order valence-corrected chi connectivity index (χ1v) is 13.4. The third-order valence-electron chi connectivity index (χ3n) is 6.10. The Hall–Kier alpha value is -4.31. The standard InChI is InChI=1S/C29H29N3O6S/c1-4-6-7-16-37-21-10-8-9-20(17-21)23-22(24(33)19-11-13-30-14-12-19)25(34)27(35)32(23)29-31-18(3)26(39-29)28(36)38-15-5-2/h5,8-14,17,23,33H,2,4,6-7,15-16H2,1,3H3. The highest BCUT2D eigenvalue weighted by Gasteiger charge is 2.48. The molecule has 0 bridgehead atoms. The molecule has 4 rings (SSSR count). The summed E-state index contributed by atoms with van der Waals surface area (Å²) in [5, 5.41) is 11.4. The van der Waals surface area contributed by atoms with Crippen molar-refractivity contribution in [3.8, 4) is 5.75 Å². The number of esters is 1. The van der Waals surface area contributed by atoms with E-state index in [1.54, 1.807) is 43.3 Å². The second-order valence-corrected chi connectivity index (χ2v) is 9.81. The Morgan fingerprint density at radius 1 is 1.21 bits per heavy atom. The zero-order valence-corrected chi connectivity index (χ0v) is 22.6. The van der Waals surface area contributed by atoms with Gasteiger partial charge in [0, 0.05) is 18.0 Å². The number of ketones is 1. The predicted molar refractivity (Wildman–Crippen MR) is 148 cm³/mol. The number of aliphatic hydroxyl groups excluding tert-OH is 1. The van der Waals surface area contributed by atoms with Gasteiger partial charge in [-0.25, -0.2) is 9.78 Å². The molecule has 1 fully saturated rings. The van der Waals surface area contributed by atoms with Gasteiger partial charge in [-0.2, -0.15) is 0 Å². The van der Waals surface area contributed by atoms with Gasteiger partial charge in [0.1, 0.15) is 23.0 Å². The molecule has 1 atom stereocenters. The van der Waals surface area contributed by atoms with Crippen molar-refractivity contribution in [3.63, 3.8) is 0 Å². The minimum absolute atomic E-state index is 0.0208. The summed E-state index contributed by atoms with van der Waals surface area (Å²) in [4.78, 5) is 49.2. The molecule has 1 aliphatic rings. The van der Waals surface area contributed by atoms with Crippen LogP contribution in [-0.2, 0) is 14.3 Å². The first-order valence-electron chi connectivity index (χ1n) is 12.6. The number of nitrogens with zero attached hydrogens (tertiary/aromatic N) is 3. The Morgan fingerprint density at radius 2 is 1.97 bits per heavy atom. The minimum Gasteiger partial charge on any atom is -0.507 e. The number of aliphatic hydroxyl groups is 1. The van der Waals surface area contributed by atoms with E-state index in [1.165, 1.54) is 23.4 Å². The van der Waals surface area contributed by atoms with E-state index in [-0.39, 0.29) is 27.9 Å². The van der Waals surface area contributed by atoms with Crippen molar-refractivity contribution in [2.24, 2.45) is 0 Å². The van der Waals surface area contributed by atoms with E-state index in [4.69, 9.17) is 9.47 Å². The van der Waals surface area contributed by atoms with E-state index < -0.39 is 23.7 Å². The summed E-state index contributed by atoms with van der Waals surface area (Å²) >= 11 is 0.940. The van der Waals surface area contributed by atoms with Crippen LogP contribution in [0.3, 0.4) is 0 Å². The molecule has 0 spiro atoms. The molecule has 0 aliphatic carbocycles. The molecule has 0 saturated carbocycles. The summed E-state index contributed by atoms with van der Waals surface area (Å²) in [6.07, 6.45) is 7.40. The van der Waals surface area contributed by atoms with Gasteiger partial charge in [0.25, 0.3) is 5.78 Å². The lowest BCUT2D eigenvalue weighted by Crippen LogP contribution is -2.29. The molecule has 9 nitrogen and oxygen atoms in total. The number of carbonyl (C=O) groups is 3. The maximum absolute atomic E-state index is 13.5. The number of anilines is 1. The van der Waals surface area contributed by atoms with Gasteiger partial charge in [-0.05, 0) is 43.2 Å². The van der Waals surface area contributed by atoms with Crippen LogP contribution in [0.15, 0.2) is 67.0 Å². The van der Waals surface area contributed by atoms with E-state index >= 15 is 0 Å². The summed E-state index contributed by atoms with van der Waals surface area (Å²) in [7, 11) is 0. The Bertz CT molecular complexity index is 1420. The van der Waals surface area contributed by atoms with Crippen molar-refractivity contribution in [1.29, 1.82) is 0 Å². The molecule has 1 N–H and O–H groups in total. The molecular weight excluding hydrogens is 518 g/mol. The van der Waals surface area contributed by atoms with Crippen LogP contribution < -0.4 is 9.64 Å². The summed E-state index contributed by atoms with van der Waals surface area (Å²) in [6, 6.07) is 9.15. The maximum Gasteiger partial charge on any atom is 0.350 e. The smallest absolute Gasteiger partial charge is 0.350 e. The van der Waals surface area contributed by atoms with Crippen LogP contribution in [0.25, 0.3) is 5.76 Å². The van der Waals surface area contributed by atoms with Crippen molar-refractivity contribution in [2.75, 3.05) is 18.1 Å². The Kier molecular flexibility index (Phi) is 8.88. The lowest BCUT2D eigenvalue weighted by Gasteiger charge is -2.23. The number of rotatable bonds is 11. The Balaban J connectivity index is 1.82. The average Bonchev–Trinajstić information content (AvgIpc) is 3.46. The SMILES string of the molecule is C=CCOC(=O)c1sc(N2C(=O)C(=O)C(=C(O)c3ccncc3)C2c2cccc(OCCCCC)c2)nc1C. The maximum atomic E-state index is 13.5. The molecule has 39 heavy (non-hydrogen) atoms. The van der Waals surface area contributed by atoms with Crippen molar-refractivity contribution in [2.45, 2.75) is 39.2 Å². The molecule has 0 radical (unpaired) electrons. The third-order valence-corrected chi connectivity index (χ3v) is 7.23. The van der Waals surface area contributed by atoms with Crippen molar-refractivity contribution in [1.82, 2.24) is 9.97 Å². The summed E-state index contributed by atoms with van der Waals surface area (Å²) in [5.74, 6) is -2.11. The molecule has 1 amide bonds. The van der Waals surface area contributed by atoms with Gasteiger partial charge in [-0.3, -0.25) is 19.5 Å². The van der Waals surface area contributed by atoms with E-state index in [2.05, 4.69) is 23.5 Å². The number of Topliss-reactive ketones (excluding diaryl/α,β-unsaturated/α-hetero) is 1. The number of aryl methyl sites for hydroxylation is 1. The number of aromatic nitrogens is 2. The van der Waals surface area contributed by atoms with Crippen LogP contribution in [0.1, 0.15) is 58.7 Å². The lowest BCUT2D eigenvalue weighted by atomic mass is 9.95. The fourth-order valence-electron chi connectivity index (χ4n) is 4.20. The lowest BCUT2D eigenvalue weighted by molar-refractivity contribution is -0.132. The largest absolute Gasteiger partial charge is 0.507 e. The highest BCUT2D eigenvalue weighted by molar-refractivity contribution is 7.17. The molecule has 1 saturated heterocycles. The van der Waals surface area contributed by atoms with Gasteiger partial charge in [0.15, 0.2) is 5.13 Å². The number of benzene rings is 1. The second-order valence-electron chi connectivity index (χ2n) is 8.83. The van der Waals surface area contributed by atoms with Gasteiger partial charge >= 0.3 is 11.9 Å². The molecule has 1 aromatic carbocycles. The zero-order valence-electron chi connectivity index (χ0n) is 21.8.